The van der Waals surface area contributed by atoms with E-state index in [4.69, 9.17) is 16.3 Å². The number of ether oxygens (including phenoxy) is 1. The molecule has 0 aromatic carbocycles. The van der Waals surface area contributed by atoms with E-state index < -0.39 is 24.5 Å². The van der Waals surface area contributed by atoms with E-state index in [9.17, 15) is 14.4 Å². The minimum atomic E-state index is -0.745. The van der Waals surface area contributed by atoms with Crippen LogP contribution in [0.3, 0.4) is 0 Å². The van der Waals surface area contributed by atoms with E-state index in [1.807, 2.05) is 13.8 Å². The number of nitrogens with zero attached hydrogens (tertiary/aromatic N) is 2. The molecule has 1 saturated carbocycles. The number of nitrogens with one attached hydrogen (secondary N) is 2. The lowest BCUT2D eigenvalue weighted by atomic mass is 10.2. The summed E-state index contributed by atoms with van der Waals surface area (Å²) in [4.78, 5) is 35.1. The van der Waals surface area contributed by atoms with Gasteiger partial charge in [-0.2, -0.15) is 5.10 Å². The molecule has 0 radical (unpaired) electrons. The van der Waals surface area contributed by atoms with Crippen molar-refractivity contribution in [2.75, 3.05) is 6.61 Å². The van der Waals surface area contributed by atoms with Crippen molar-refractivity contribution < 1.29 is 19.1 Å². The Kier molecular flexibility index (Phi) is 5.82. The topological polar surface area (TPSA) is 102 Å². The highest BCUT2D eigenvalue weighted by molar-refractivity contribution is 6.32. The second-order valence-electron chi connectivity index (χ2n) is 6.20. The molecule has 2 rings (SSSR count). The Hall–Kier alpha value is -2.09. The van der Waals surface area contributed by atoms with Gasteiger partial charge in [0.05, 0.1) is 5.69 Å². The molecule has 9 heteroatoms. The van der Waals surface area contributed by atoms with Crippen LogP contribution in [0.2, 0.25) is 5.15 Å². The van der Waals surface area contributed by atoms with Crippen LogP contribution in [0.25, 0.3) is 0 Å². The van der Waals surface area contributed by atoms with Crippen molar-refractivity contribution >= 4 is 29.5 Å². The Morgan fingerprint density at radius 1 is 1.38 bits per heavy atom. The Morgan fingerprint density at radius 3 is 2.62 bits per heavy atom. The molecule has 3 amide bonds. The predicted octanol–water partition coefficient (Wildman–Crippen LogP) is 1.65. The van der Waals surface area contributed by atoms with Crippen LogP contribution in [0.5, 0.6) is 0 Å². The van der Waals surface area contributed by atoms with Gasteiger partial charge in [-0.1, -0.05) is 25.4 Å². The second kappa shape index (κ2) is 7.65. The number of rotatable bonds is 6. The largest absolute Gasteiger partial charge is 0.452 e. The first-order valence-electron chi connectivity index (χ1n) is 7.78. The molecule has 24 heavy (non-hydrogen) atoms. The molecular formula is C15H21ClN4O4. The standard InChI is InChI=1S/C15H21ClN4O4/c1-8(2)6-20-13(16)12(9(3)19-20)14(22)24-7-11(21)18-15(23)17-10-4-5-10/h8,10H,4-7H2,1-3H3,(H2,17,18,21,23). The predicted molar refractivity (Wildman–Crippen MR) is 86.8 cm³/mol. The number of imide groups is 1. The second-order valence-corrected chi connectivity index (χ2v) is 6.56. The summed E-state index contributed by atoms with van der Waals surface area (Å²) in [7, 11) is 0. The molecule has 1 aliphatic rings. The van der Waals surface area contributed by atoms with Gasteiger partial charge >= 0.3 is 12.0 Å². The summed E-state index contributed by atoms with van der Waals surface area (Å²) in [6, 6.07) is -0.453. The number of hydrogen-bond donors (Lipinski definition) is 2. The van der Waals surface area contributed by atoms with E-state index >= 15 is 0 Å². The summed E-state index contributed by atoms with van der Waals surface area (Å²) >= 11 is 6.17. The summed E-state index contributed by atoms with van der Waals surface area (Å²) in [6.45, 7) is 5.64. The number of esters is 1. The molecule has 0 unspecified atom stereocenters. The fraction of sp³-hybridized carbons (Fsp3) is 0.600. The lowest BCUT2D eigenvalue weighted by Gasteiger charge is -2.07. The number of hydrogen-bond acceptors (Lipinski definition) is 5. The zero-order chi connectivity index (χ0) is 17.9. The van der Waals surface area contributed by atoms with Gasteiger partial charge in [0.2, 0.25) is 0 Å². The third-order valence-corrected chi connectivity index (χ3v) is 3.69. The molecule has 0 saturated heterocycles. The molecule has 1 aliphatic carbocycles. The van der Waals surface area contributed by atoms with Gasteiger partial charge in [0.15, 0.2) is 6.61 Å². The van der Waals surface area contributed by atoms with Crippen LogP contribution in [-0.2, 0) is 16.1 Å². The van der Waals surface area contributed by atoms with Crippen LogP contribution in [0.15, 0.2) is 0 Å². The Balaban J connectivity index is 1.88. The van der Waals surface area contributed by atoms with Gasteiger partial charge in [-0.05, 0) is 25.7 Å². The van der Waals surface area contributed by atoms with Gasteiger partial charge < -0.3 is 10.1 Å². The zero-order valence-corrected chi connectivity index (χ0v) is 14.6. The maximum atomic E-state index is 12.1. The van der Waals surface area contributed by atoms with E-state index in [1.54, 1.807) is 6.92 Å². The summed E-state index contributed by atoms with van der Waals surface area (Å²) in [5, 5.41) is 9.08. The van der Waals surface area contributed by atoms with Crippen LogP contribution in [0.1, 0.15) is 42.7 Å². The lowest BCUT2D eigenvalue weighted by molar-refractivity contribution is -0.123. The smallest absolute Gasteiger partial charge is 0.343 e. The summed E-state index contributed by atoms with van der Waals surface area (Å²) < 4.78 is 6.45. The highest BCUT2D eigenvalue weighted by Gasteiger charge is 2.25. The molecule has 0 atom stereocenters. The van der Waals surface area contributed by atoms with Crippen molar-refractivity contribution in [1.29, 1.82) is 0 Å². The molecule has 0 aliphatic heterocycles. The van der Waals surface area contributed by atoms with E-state index in [0.717, 1.165) is 12.8 Å². The minimum absolute atomic E-state index is 0.132. The Bertz CT molecular complexity index is 652. The first-order valence-corrected chi connectivity index (χ1v) is 8.16. The van der Waals surface area contributed by atoms with Gasteiger partial charge in [-0.15, -0.1) is 0 Å². The Morgan fingerprint density at radius 2 is 2.04 bits per heavy atom. The van der Waals surface area contributed by atoms with E-state index in [1.165, 1.54) is 4.68 Å². The minimum Gasteiger partial charge on any atom is -0.452 e. The molecule has 0 bridgehead atoms. The number of aryl methyl sites for hydroxylation is 1. The van der Waals surface area contributed by atoms with Crippen molar-refractivity contribution in [2.24, 2.45) is 5.92 Å². The number of amides is 3. The van der Waals surface area contributed by atoms with Crippen LogP contribution < -0.4 is 10.6 Å². The fourth-order valence-electron chi connectivity index (χ4n) is 2.07. The van der Waals surface area contributed by atoms with E-state index in [2.05, 4.69) is 15.7 Å². The van der Waals surface area contributed by atoms with Crippen LogP contribution in [-0.4, -0.2) is 40.3 Å². The summed E-state index contributed by atoms with van der Waals surface area (Å²) in [5.41, 5.74) is 0.560. The molecule has 1 aromatic rings. The molecular weight excluding hydrogens is 336 g/mol. The maximum Gasteiger partial charge on any atom is 0.343 e. The third-order valence-electron chi connectivity index (χ3n) is 3.31. The lowest BCUT2D eigenvalue weighted by Crippen LogP contribution is -2.42. The van der Waals surface area contributed by atoms with Crippen LogP contribution in [0.4, 0.5) is 4.79 Å². The third kappa shape index (κ3) is 4.95. The van der Waals surface area contributed by atoms with Crippen LogP contribution >= 0.6 is 11.6 Å². The highest BCUT2D eigenvalue weighted by atomic mass is 35.5. The quantitative estimate of drug-likeness (QED) is 0.754. The first kappa shape index (κ1) is 18.3. The van der Waals surface area contributed by atoms with Gasteiger partial charge in [-0.25, -0.2) is 9.59 Å². The molecule has 8 nitrogen and oxygen atoms in total. The SMILES string of the molecule is Cc1nn(CC(C)C)c(Cl)c1C(=O)OCC(=O)NC(=O)NC1CC1. The number of aromatic nitrogens is 2. The average molecular weight is 357 g/mol. The average Bonchev–Trinajstić information content (AvgIpc) is 3.22. The zero-order valence-electron chi connectivity index (χ0n) is 13.9. The normalized spacial score (nSPS) is 13.7. The van der Waals surface area contributed by atoms with Crippen molar-refractivity contribution in [3.05, 3.63) is 16.4 Å². The van der Waals surface area contributed by atoms with Gasteiger partial charge in [0, 0.05) is 12.6 Å². The molecule has 1 aromatic heterocycles. The maximum absolute atomic E-state index is 12.1. The van der Waals surface area contributed by atoms with Gasteiger partial charge in [0.1, 0.15) is 10.7 Å². The molecule has 132 valence electrons. The van der Waals surface area contributed by atoms with Gasteiger partial charge in [-0.3, -0.25) is 14.8 Å². The Labute approximate surface area is 144 Å². The summed E-state index contributed by atoms with van der Waals surface area (Å²) in [6.07, 6.45) is 1.82. The van der Waals surface area contributed by atoms with Gasteiger partial charge in [0.25, 0.3) is 5.91 Å². The number of carbonyl (C=O) groups excluding carboxylic acids is 3. The fourth-order valence-corrected chi connectivity index (χ4v) is 2.39. The van der Waals surface area contributed by atoms with Crippen molar-refractivity contribution in [3.8, 4) is 0 Å². The molecule has 1 heterocycles. The monoisotopic (exact) mass is 356 g/mol. The van der Waals surface area contributed by atoms with E-state index in [0.29, 0.717) is 18.2 Å². The number of carbonyl (C=O) groups is 3. The van der Waals surface area contributed by atoms with E-state index in [-0.39, 0.29) is 16.8 Å². The number of urea groups is 1. The number of halogens is 1. The van der Waals surface area contributed by atoms with Crippen molar-refractivity contribution in [3.63, 3.8) is 0 Å². The molecule has 1 fully saturated rings. The molecule has 2 N–H and O–H groups in total. The van der Waals surface area contributed by atoms with Crippen molar-refractivity contribution in [1.82, 2.24) is 20.4 Å². The summed E-state index contributed by atoms with van der Waals surface area (Å²) in [5.74, 6) is -1.14. The van der Waals surface area contributed by atoms with Crippen LogP contribution in [0, 0.1) is 12.8 Å². The first-order chi connectivity index (χ1) is 11.3. The van der Waals surface area contributed by atoms with Crippen molar-refractivity contribution in [2.45, 2.75) is 46.2 Å². The highest BCUT2D eigenvalue weighted by Crippen LogP contribution is 2.21. The molecule has 0 spiro atoms.